The Balaban J connectivity index is 1.59. The van der Waals surface area contributed by atoms with E-state index in [2.05, 4.69) is 10.6 Å². The van der Waals surface area contributed by atoms with E-state index in [-0.39, 0.29) is 36.3 Å². The van der Waals surface area contributed by atoms with Crippen LogP contribution in [-0.2, 0) is 19.6 Å². The van der Waals surface area contributed by atoms with Crippen molar-refractivity contribution >= 4 is 39.1 Å². The Morgan fingerprint density at radius 2 is 1.91 bits per heavy atom. The van der Waals surface area contributed by atoms with Gasteiger partial charge in [-0.25, -0.2) is 12.8 Å². The number of hydrogen-bond donors (Lipinski definition) is 2. The van der Waals surface area contributed by atoms with Gasteiger partial charge in [0, 0.05) is 26.2 Å². The second-order valence-electron chi connectivity index (χ2n) is 7.80. The van der Waals surface area contributed by atoms with Gasteiger partial charge in [-0.3, -0.25) is 14.4 Å². The molecule has 2 fully saturated rings. The standard InChI is InChI=1S/C21H23FN4O5S2/c22-14-5-7-15(8-6-14)33(30,31)25-10-11-26(21(29)18-4-2-12-32-18)17(13-25)20(28)24-16-3-1-9-23-19(16)27/h2,4-8,12,16-17H,1,3,9-11,13H2,(H,23,27)(H,24,28)/t16-,17-/m1/s1. The molecule has 3 amide bonds. The first-order valence-corrected chi connectivity index (χ1v) is 12.8. The van der Waals surface area contributed by atoms with Crippen LogP contribution in [0.3, 0.4) is 0 Å². The largest absolute Gasteiger partial charge is 0.354 e. The van der Waals surface area contributed by atoms with E-state index in [9.17, 15) is 27.2 Å². The fraction of sp³-hybridized carbons (Fsp3) is 0.381. The molecule has 9 nitrogen and oxygen atoms in total. The molecule has 1 aromatic heterocycles. The van der Waals surface area contributed by atoms with Crippen LogP contribution in [0.1, 0.15) is 22.5 Å². The lowest BCUT2D eigenvalue weighted by Gasteiger charge is -2.40. The summed E-state index contributed by atoms with van der Waals surface area (Å²) in [6.45, 7) is 0.217. The highest BCUT2D eigenvalue weighted by Crippen LogP contribution is 2.23. The second kappa shape index (κ2) is 9.57. The van der Waals surface area contributed by atoms with Gasteiger partial charge >= 0.3 is 0 Å². The lowest BCUT2D eigenvalue weighted by molar-refractivity contribution is -0.133. The van der Waals surface area contributed by atoms with Crippen LogP contribution >= 0.6 is 11.3 Å². The zero-order chi connectivity index (χ0) is 23.6. The molecule has 1 aromatic carbocycles. The van der Waals surface area contributed by atoms with Gasteiger partial charge < -0.3 is 15.5 Å². The van der Waals surface area contributed by atoms with Crippen LogP contribution in [-0.4, -0.2) is 73.6 Å². The maximum Gasteiger partial charge on any atom is 0.264 e. The van der Waals surface area contributed by atoms with Crippen molar-refractivity contribution in [2.75, 3.05) is 26.2 Å². The minimum absolute atomic E-state index is 0.00783. The molecule has 2 aliphatic heterocycles. The number of hydrogen-bond acceptors (Lipinski definition) is 6. The molecule has 0 spiro atoms. The summed E-state index contributed by atoms with van der Waals surface area (Å²) in [6.07, 6.45) is 1.16. The van der Waals surface area contributed by atoms with Gasteiger partial charge in [0.05, 0.1) is 9.77 Å². The second-order valence-corrected chi connectivity index (χ2v) is 10.7. The van der Waals surface area contributed by atoms with Crippen LogP contribution in [0.4, 0.5) is 4.39 Å². The van der Waals surface area contributed by atoms with Crippen molar-refractivity contribution in [1.82, 2.24) is 19.8 Å². The molecule has 0 aliphatic carbocycles. The first-order valence-electron chi connectivity index (χ1n) is 10.5. The molecule has 0 bridgehead atoms. The number of carbonyl (C=O) groups excluding carboxylic acids is 3. The van der Waals surface area contributed by atoms with Crippen LogP contribution < -0.4 is 10.6 Å². The first-order chi connectivity index (χ1) is 15.8. The summed E-state index contributed by atoms with van der Waals surface area (Å²) in [5, 5.41) is 7.10. The van der Waals surface area contributed by atoms with Gasteiger partial charge in [-0.05, 0) is 48.6 Å². The molecule has 12 heteroatoms. The van der Waals surface area contributed by atoms with Gasteiger partial charge in [0.25, 0.3) is 5.91 Å². The zero-order valence-electron chi connectivity index (χ0n) is 17.6. The average Bonchev–Trinajstić information content (AvgIpc) is 3.35. The minimum Gasteiger partial charge on any atom is -0.354 e. The Bertz CT molecular complexity index is 1140. The number of piperazine rings is 1. The third-order valence-corrected chi connectivity index (χ3v) is 8.43. The van der Waals surface area contributed by atoms with E-state index in [0.717, 1.165) is 28.6 Å². The number of carbonyl (C=O) groups is 3. The molecule has 176 valence electrons. The van der Waals surface area contributed by atoms with Crippen LogP contribution in [0.2, 0.25) is 0 Å². The highest BCUT2D eigenvalue weighted by molar-refractivity contribution is 7.89. The number of rotatable bonds is 5. The highest BCUT2D eigenvalue weighted by atomic mass is 32.2. The number of piperidine rings is 1. The molecular weight excluding hydrogens is 471 g/mol. The van der Waals surface area contributed by atoms with E-state index in [1.807, 2.05) is 0 Å². The van der Waals surface area contributed by atoms with Gasteiger partial charge in [0.1, 0.15) is 17.9 Å². The van der Waals surface area contributed by atoms with Crippen molar-refractivity contribution in [2.24, 2.45) is 0 Å². The normalized spacial score (nSPS) is 22.0. The SMILES string of the molecule is O=C(N[C@@H]1CCCNC1=O)[C@H]1CN(S(=O)(=O)c2ccc(F)cc2)CCN1C(=O)c1cccs1. The van der Waals surface area contributed by atoms with E-state index in [1.165, 1.54) is 16.2 Å². The number of amides is 3. The molecular formula is C21H23FN4O5S2. The summed E-state index contributed by atoms with van der Waals surface area (Å²) in [7, 11) is -4.02. The third kappa shape index (κ3) is 4.92. The van der Waals surface area contributed by atoms with Crippen molar-refractivity contribution in [2.45, 2.75) is 29.8 Å². The molecule has 33 heavy (non-hydrogen) atoms. The Labute approximate surface area is 194 Å². The molecule has 4 rings (SSSR count). The fourth-order valence-electron chi connectivity index (χ4n) is 3.92. The smallest absolute Gasteiger partial charge is 0.264 e. The quantitative estimate of drug-likeness (QED) is 0.638. The number of nitrogens with one attached hydrogen (secondary N) is 2. The topological polar surface area (TPSA) is 116 Å². The number of nitrogens with zero attached hydrogens (tertiary/aromatic N) is 2. The fourth-order valence-corrected chi connectivity index (χ4v) is 6.04. The lowest BCUT2D eigenvalue weighted by atomic mass is 10.1. The molecule has 2 N–H and O–H groups in total. The molecule has 2 aliphatic rings. The Morgan fingerprint density at radius 3 is 2.58 bits per heavy atom. The van der Waals surface area contributed by atoms with Crippen LogP contribution in [0.25, 0.3) is 0 Å². The molecule has 0 saturated carbocycles. The first kappa shape index (κ1) is 23.3. The van der Waals surface area contributed by atoms with Crippen molar-refractivity contribution < 1.29 is 27.2 Å². The van der Waals surface area contributed by atoms with Gasteiger partial charge in [-0.1, -0.05) is 6.07 Å². The van der Waals surface area contributed by atoms with Crippen molar-refractivity contribution in [3.05, 3.63) is 52.5 Å². The van der Waals surface area contributed by atoms with E-state index in [4.69, 9.17) is 0 Å². The molecule has 2 atom stereocenters. The lowest BCUT2D eigenvalue weighted by Crippen LogP contribution is -2.63. The summed E-state index contributed by atoms with van der Waals surface area (Å²) in [5.74, 6) is -1.85. The van der Waals surface area contributed by atoms with Gasteiger partial charge in [-0.15, -0.1) is 11.3 Å². The number of halogens is 1. The molecule has 3 heterocycles. The summed E-state index contributed by atoms with van der Waals surface area (Å²) in [6, 6.07) is 5.91. The van der Waals surface area contributed by atoms with Gasteiger partial charge in [-0.2, -0.15) is 4.31 Å². The number of benzene rings is 1. The zero-order valence-corrected chi connectivity index (χ0v) is 19.2. The average molecular weight is 495 g/mol. The Morgan fingerprint density at radius 1 is 1.15 bits per heavy atom. The number of sulfonamides is 1. The van der Waals surface area contributed by atoms with E-state index in [1.54, 1.807) is 17.5 Å². The van der Waals surface area contributed by atoms with Crippen molar-refractivity contribution in [1.29, 1.82) is 0 Å². The van der Waals surface area contributed by atoms with Crippen LogP contribution in [0.15, 0.2) is 46.7 Å². The van der Waals surface area contributed by atoms with E-state index in [0.29, 0.717) is 24.3 Å². The maximum atomic E-state index is 13.3. The monoisotopic (exact) mass is 494 g/mol. The molecule has 0 unspecified atom stereocenters. The van der Waals surface area contributed by atoms with Gasteiger partial charge in [0.15, 0.2) is 0 Å². The third-order valence-electron chi connectivity index (χ3n) is 5.69. The minimum atomic E-state index is -4.02. The summed E-state index contributed by atoms with van der Waals surface area (Å²) in [5.41, 5.74) is 0. The van der Waals surface area contributed by atoms with Crippen LogP contribution in [0, 0.1) is 5.82 Å². The molecule has 0 radical (unpaired) electrons. The number of thiophene rings is 1. The predicted molar refractivity (Wildman–Crippen MR) is 118 cm³/mol. The Kier molecular flexibility index (Phi) is 6.77. The highest BCUT2D eigenvalue weighted by Gasteiger charge is 2.41. The van der Waals surface area contributed by atoms with E-state index >= 15 is 0 Å². The summed E-state index contributed by atoms with van der Waals surface area (Å²) < 4.78 is 40.6. The summed E-state index contributed by atoms with van der Waals surface area (Å²) in [4.78, 5) is 40.0. The Hall–Kier alpha value is -2.83. The molecule has 2 saturated heterocycles. The van der Waals surface area contributed by atoms with Gasteiger partial charge in [0.2, 0.25) is 21.8 Å². The van der Waals surface area contributed by atoms with Crippen molar-refractivity contribution in [3.63, 3.8) is 0 Å². The predicted octanol–water partition coefficient (Wildman–Crippen LogP) is 0.797. The van der Waals surface area contributed by atoms with E-state index < -0.39 is 33.8 Å². The maximum absolute atomic E-state index is 13.3. The van der Waals surface area contributed by atoms with Crippen LogP contribution in [0.5, 0.6) is 0 Å². The van der Waals surface area contributed by atoms with Crippen molar-refractivity contribution in [3.8, 4) is 0 Å². The molecule has 2 aromatic rings. The summed E-state index contributed by atoms with van der Waals surface area (Å²) >= 11 is 1.22.